The van der Waals surface area contributed by atoms with Crippen LogP contribution in [0.15, 0.2) is 44.6 Å². The first-order valence-electron chi connectivity index (χ1n) is 8.24. The van der Waals surface area contributed by atoms with E-state index in [-0.39, 0.29) is 5.91 Å². The number of aryl methyl sites for hydroxylation is 1. The molecule has 0 atom stereocenters. The van der Waals surface area contributed by atoms with Crippen LogP contribution in [0.3, 0.4) is 0 Å². The normalized spacial score (nSPS) is 11.0. The fourth-order valence-corrected chi connectivity index (χ4v) is 4.22. The fraction of sp³-hybridized carbons (Fsp3) is 0.278. The monoisotopic (exact) mass is 389 g/mol. The number of amides is 1. The number of hydrogen-bond donors (Lipinski definition) is 2. The molecule has 0 spiro atoms. The first kappa shape index (κ1) is 18.5. The third-order valence-electron chi connectivity index (χ3n) is 3.93. The Hall–Kier alpha value is -2.32. The first-order valence-corrected chi connectivity index (χ1v) is 10.3. The van der Waals surface area contributed by atoms with Crippen LogP contribution in [0.4, 0.5) is 0 Å². The molecular formula is C18H19N3O3S2. The molecule has 0 unspecified atom stereocenters. The number of thiophene rings is 1. The minimum Gasteiger partial charge on any atom is -0.351 e. The molecule has 2 aromatic heterocycles. The van der Waals surface area contributed by atoms with Crippen molar-refractivity contribution in [2.45, 2.75) is 19.2 Å². The van der Waals surface area contributed by atoms with Crippen molar-refractivity contribution < 1.29 is 4.79 Å². The summed E-state index contributed by atoms with van der Waals surface area (Å²) in [5.74, 6) is 1.56. The maximum Gasteiger partial charge on any atom is 0.316 e. The Kier molecular flexibility index (Phi) is 5.95. The summed E-state index contributed by atoms with van der Waals surface area (Å²) >= 11 is 3.45. The Labute approximate surface area is 158 Å². The molecular weight excluding hydrogens is 370 g/mol. The van der Waals surface area contributed by atoms with E-state index in [0.29, 0.717) is 29.7 Å². The van der Waals surface area contributed by atoms with Crippen LogP contribution in [-0.4, -0.2) is 27.8 Å². The summed E-state index contributed by atoms with van der Waals surface area (Å²) in [5, 5.41) is 7.06. The zero-order valence-electron chi connectivity index (χ0n) is 14.3. The molecule has 0 aliphatic heterocycles. The second-order valence-electron chi connectivity index (χ2n) is 5.68. The Morgan fingerprint density at radius 2 is 2.15 bits per heavy atom. The maximum atomic E-state index is 12.3. The summed E-state index contributed by atoms with van der Waals surface area (Å²) in [6, 6.07) is 7.06. The highest BCUT2D eigenvalue weighted by atomic mass is 32.2. The van der Waals surface area contributed by atoms with Gasteiger partial charge in [-0.2, -0.15) is 23.1 Å². The van der Waals surface area contributed by atoms with E-state index in [4.69, 9.17) is 0 Å². The van der Waals surface area contributed by atoms with Crippen molar-refractivity contribution in [3.63, 3.8) is 0 Å². The van der Waals surface area contributed by atoms with Crippen molar-refractivity contribution in [1.29, 1.82) is 0 Å². The highest BCUT2D eigenvalue weighted by molar-refractivity contribution is 7.98. The molecule has 0 saturated carbocycles. The minimum atomic E-state index is -0.679. The molecule has 2 heterocycles. The van der Waals surface area contributed by atoms with E-state index in [9.17, 15) is 14.4 Å². The summed E-state index contributed by atoms with van der Waals surface area (Å²) < 4.78 is 1.40. The number of aromatic nitrogens is 2. The van der Waals surface area contributed by atoms with Crippen LogP contribution in [0.5, 0.6) is 0 Å². The number of carbonyl (C=O) groups is 1. The average molecular weight is 390 g/mol. The SMILES string of the molecule is CCn1c(=O)c(=O)[nH]c2cc(C(=O)NCCSCc3ccsc3)ccc21. The summed E-state index contributed by atoms with van der Waals surface area (Å²) in [4.78, 5) is 38.5. The average Bonchev–Trinajstić information content (AvgIpc) is 3.15. The molecule has 0 radical (unpaired) electrons. The number of rotatable bonds is 7. The van der Waals surface area contributed by atoms with Gasteiger partial charge < -0.3 is 14.9 Å². The van der Waals surface area contributed by atoms with E-state index in [1.807, 2.05) is 0 Å². The minimum absolute atomic E-state index is 0.196. The van der Waals surface area contributed by atoms with Gasteiger partial charge in [0.1, 0.15) is 0 Å². The van der Waals surface area contributed by atoms with E-state index < -0.39 is 11.1 Å². The Balaban J connectivity index is 1.64. The van der Waals surface area contributed by atoms with Crippen LogP contribution in [0, 0.1) is 0 Å². The zero-order chi connectivity index (χ0) is 18.5. The molecule has 0 bridgehead atoms. The Morgan fingerprint density at radius 1 is 1.31 bits per heavy atom. The van der Waals surface area contributed by atoms with Gasteiger partial charge in [-0.1, -0.05) is 0 Å². The predicted molar refractivity (Wildman–Crippen MR) is 107 cm³/mol. The molecule has 1 aromatic carbocycles. The summed E-state index contributed by atoms with van der Waals surface area (Å²) in [5.41, 5.74) is 1.58. The largest absolute Gasteiger partial charge is 0.351 e. The molecule has 136 valence electrons. The molecule has 6 nitrogen and oxygen atoms in total. The standard InChI is InChI=1S/C18H19N3O3S2/c1-2-21-15-4-3-13(9-14(15)20-17(23)18(21)24)16(22)19-6-8-26-11-12-5-7-25-10-12/h3-5,7,9-10H,2,6,8,11H2,1H3,(H,19,22)(H,20,23). The number of nitrogens with one attached hydrogen (secondary N) is 2. The van der Waals surface area contributed by atoms with E-state index in [1.54, 1.807) is 48.2 Å². The van der Waals surface area contributed by atoms with Crippen molar-refractivity contribution >= 4 is 40.0 Å². The fourth-order valence-electron chi connectivity index (χ4n) is 2.64. The van der Waals surface area contributed by atoms with Crippen LogP contribution >= 0.6 is 23.1 Å². The van der Waals surface area contributed by atoms with Gasteiger partial charge in [-0.3, -0.25) is 14.4 Å². The number of benzene rings is 1. The molecule has 26 heavy (non-hydrogen) atoms. The zero-order valence-corrected chi connectivity index (χ0v) is 15.9. The number of thioether (sulfide) groups is 1. The van der Waals surface area contributed by atoms with E-state index in [0.717, 1.165) is 11.5 Å². The lowest BCUT2D eigenvalue weighted by atomic mass is 10.1. The van der Waals surface area contributed by atoms with E-state index in [2.05, 4.69) is 27.1 Å². The number of nitrogens with zero attached hydrogens (tertiary/aromatic N) is 1. The topological polar surface area (TPSA) is 84.0 Å². The molecule has 3 rings (SSSR count). The number of hydrogen-bond acceptors (Lipinski definition) is 5. The number of fused-ring (bicyclic) bond motifs is 1. The van der Waals surface area contributed by atoms with Gasteiger partial charge in [-0.25, -0.2) is 0 Å². The van der Waals surface area contributed by atoms with Crippen molar-refractivity contribution in [3.8, 4) is 0 Å². The van der Waals surface area contributed by atoms with Crippen LogP contribution in [0.2, 0.25) is 0 Å². The van der Waals surface area contributed by atoms with Gasteiger partial charge in [0.2, 0.25) is 0 Å². The van der Waals surface area contributed by atoms with E-state index in [1.165, 1.54) is 10.1 Å². The van der Waals surface area contributed by atoms with Gasteiger partial charge in [-0.15, -0.1) is 0 Å². The summed E-state index contributed by atoms with van der Waals surface area (Å²) in [6.45, 7) is 2.76. The van der Waals surface area contributed by atoms with Crippen molar-refractivity contribution in [3.05, 3.63) is 66.9 Å². The highest BCUT2D eigenvalue weighted by Gasteiger charge is 2.10. The number of aromatic amines is 1. The van der Waals surface area contributed by atoms with Crippen LogP contribution in [-0.2, 0) is 12.3 Å². The van der Waals surface area contributed by atoms with Crippen molar-refractivity contribution in [2.24, 2.45) is 0 Å². The molecule has 0 aliphatic rings. The molecule has 3 aromatic rings. The van der Waals surface area contributed by atoms with Crippen molar-refractivity contribution in [1.82, 2.24) is 14.9 Å². The quantitative estimate of drug-likeness (QED) is 0.480. The lowest BCUT2D eigenvalue weighted by Gasteiger charge is -2.09. The summed E-state index contributed by atoms with van der Waals surface area (Å²) in [7, 11) is 0. The van der Waals surface area contributed by atoms with Crippen LogP contribution in [0.1, 0.15) is 22.8 Å². The third kappa shape index (κ3) is 4.08. The number of carbonyl (C=O) groups excluding carboxylic acids is 1. The van der Waals surface area contributed by atoms with Crippen LogP contribution < -0.4 is 16.4 Å². The lowest BCUT2D eigenvalue weighted by Crippen LogP contribution is -2.36. The highest BCUT2D eigenvalue weighted by Crippen LogP contribution is 2.15. The third-order valence-corrected chi connectivity index (χ3v) is 5.70. The van der Waals surface area contributed by atoms with Gasteiger partial charge in [0, 0.05) is 30.2 Å². The van der Waals surface area contributed by atoms with Crippen LogP contribution in [0.25, 0.3) is 11.0 Å². The molecule has 8 heteroatoms. The number of H-pyrrole nitrogens is 1. The van der Waals surface area contributed by atoms with Gasteiger partial charge in [0.25, 0.3) is 5.91 Å². The smallest absolute Gasteiger partial charge is 0.316 e. The van der Waals surface area contributed by atoms with Gasteiger partial charge in [0.15, 0.2) is 0 Å². The second kappa shape index (κ2) is 8.37. The predicted octanol–water partition coefficient (Wildman–Crippen LogP) is 2.43. The summed E-state index contributed by atoms with van der Waals surface area (Å²) in [6.07, 6.45) is 0. The van der Waals surface area contributed by atoms with Crippen molar-refractivity contribution in [2.75, 3.05) is 12.3 Å². The van der Waals surface area contributed by atoms with Gasteiger partial charge >= 0.3 is 11.1 Å². The lowest BCUT2D eigenvalue weighted by molar-refractivity contribution is 0.0956. The molecule has 1 amide bonds. The second-order valence-corrected chi connectivity index (χ2v) is 7.56. The Bertz CT molecular complexity index is 1020. The Morgan fingerprint density at radius 3 is 2.88 bits per heavy atom. The molecule has 2 N–H and O–H groups in total. The molecule has 0 fully saturated rings. The first-order chi connectivity index (χ1) is 12.6. The van der Waals surface area contributed by atoms with Gasteiger partial charge in [0.05, 0.1) is 11.0 Å². The van der Waals surface area contributed by atoms with Gasteiger partial charge in [-0.05, 0) is 47.5 Å². The van der Waals surface area contributed by atoms with E-state index >= 15 is 0 Å². The molecule has 0 aliphatic carbocycles. The maximum absolute atomic E-state index is 12.3. The molecule has 0 saturated heterocycles.